The molecular weight excluding hydrogens is 238 g/mol. The first-order valence-electron chi connectivity index (χ1n) is 5.04. The zero-order valence-corrected chi connectivity index (χ0v) is 9.66. The Balaban J connectivity index is 1.98. The molecule has 1 heterocycles. The molecule has 2 rings (SSSR count). The summed E-state index contributed by atoms with van der Waals surface area (Å²) in [5, 5.41) is 5.95. The summed E-state index contributed by atoms with van der Waals surface area (Å²) in [5.41, 5.74) is 1.34. The standard InChI is InChI=1S/C12H10ClN3O/c13-9-3-1-4-10(7-9)15-12(17)16-11-5-2-6-14-8-11/h1-8H,(H2,15,16,17)/p+1. The van der Waals surface area contributed by atoms with Gasteiger partial charge >= 0.3 is 6.03 Å². The Bertz CT molecular complexity index is 516. The summed E-state index contributed by atoms with van der Waals surface area (Å²) in [4.78, 5) is 14.5. The quantitative estimate of drug-likeness (QED) is 0.844. The van der Waals surface area contributed by atoms with Gasteiger partial charge in [0.25, 0.3) is 0 Å². The molecule has 0 unspecified atom stereocenters. The van der Waals surface area contributed by atoms with Crippen molar-refractivity contribution in [2.24, 2.45) is 0 Å². The number of aromatic amines is 1. The number of halogens is 1. The first-order chi connectivity index (χ1) is 8.24. The Hall–Kier alpha value is -2.07. The van der Waals surface area contributed by atoms with E-state index in [4.69, 9.17) is 11.6 Å². The maximum Gasteiger partial charge on any atom is 0.323 e. The second kappa shape index (κ2) is 5.32. The van der Waals surface area contributed by atoms with Gasteiger partial charge in [-0.25, -0.2) is 9.78 Å². The second-order valence-electron chi connectivity index (χ2n) is 3.38. The van der Waals surface area contributed by atoms with Gasteiger partial charge in [0.2, 0.25) is 0 Å². The van der Waals surface area contributed by atoms with Gasteiger partial charge in [-0.2, -0.15) is 0 Å². The van der Waals surface area contributed by atoms with Crippen LogP contribution in [0.4, 0.5) is 16.2 Å². The zero-order chi connectivity index (χ0) is 12.1. The lowest BCUT2D eigenvalue weighted by Gasteiger charge is -2.06. The molecule has 0 aliphatic heterocycles. The minimum absolute atomic E-state index is 0.313. The third kappa shape index (κ3) is 3.46. The van der Waals surface area contributed by atoms with Crippen molar-refractivity contribution in [2.45, 2.75) is 0 Å². The van der Waals surface area contributed by atoms with Gasteiger partial charge in [-0.3, -0.25) is 0 Å². The molecule has 5 heteroatoms. The van der Waals surface area contributed by atoms with Crippen LogP contribution < -0.4 is 15.6 Å². The van der Waals surface area contributed by atoms with E-state index in [2.05, 4.69) is 15.6 Å². The normalized spacial score (nSPS) is 9.71. The average molecular weight is 249 g/mol. The highest BCUT2D eigenvalue weighted by Gasteiger charge is 2.03. The summed E-state index contributed by atoms with van der Waals surface area (Å²) in [6.07, 6.45) is 3.46. The van der Waals surface area contributed by atoms with Crippen LogP contribution in [0.2, 0.25) is 5.02 Å². The summed E-state index contributed by atoms with van der Waals surface area (Å²) >= 11 is 5.81. The highest BCUT2D eigenvalue weighted by molar-refractivity contribution is 6.30. The number of anilines is 2. The smallest absolute Gasteiger partial charge is 0.308 e. The fourth-order valence-electron chi connectivity index (χ4n) is 1.33. The van der Waals surface area contributed by atoms with Crippen LogP contribution in [0, 0.1) is 0 Å². The first-order valence-corrected chi connectivity index (χ1v) is 5.41. The van der Waals surface area contributed by atoms with Crippen LogP contribution >= 0.6 is 11.6 Å². The van der Waals surface area contributed by atoms with Crippen molar-refractivity contribution >= 4 is 29.0 Å². The number of carbonyl (C=O) groups is 1. The molecule has 2 aromatic rings. The number of benzene rings is 1. The molecule has 0 bridgehead atoms. The van der Waals surface area contributed by atoms with E-state index < -0.39 is 0 Å². The van der Waals surface area contributed by atoms with E-state index in [0.717, 1.165) is 0 Å². The van der Waals surface area contributed by atoms with Gasteiger partial charge in [0.05, 0.1) is 0 Å². The molecule has 0 saturated heterocycles. The summed E-state index contributed by atoms with van der Waals surface area (Å²) in [6.45, 7) is 0. The topological polar surface area (TPSA) is 55.3 Å². The van der Waals surface area contributed by atoms with E-state index in [1.165, 1.54) is 0 Å². The van der Waals surface area contributed by atoms with Gasteiger partial charge in [0.15, 0.2) is 12.4 Å². The van der Waals surface area contributed by atoms with Crippen LogP contribution in [-0.4, -0.2) is 6.03 Å². The summed E-state index contributed by atoms with van der Waals surface area (Å²) in [6, 6.07) is 10.2. The van der Waals surface area contributed by atoms with E-state index in [-0.39, 0.29) is 6.03 Å². The van der Waals surface area contributed by atoms with E-state index in [1.54, 1.807) is 48.8 Å². The van der Waals surface area contributed by atoms with Crippen molar-refractivity contribution in [3.05, 3.63) is 53.8 Å². The zero-order valence-electron chi connectivity index (χ0n) is 8.91. The summed E-state index contributed by atoms with van der Waals surface area (Å²) in [5.74, 6) is 0. The molecule has 0 saturated carbocycles. The fourth-order valence-corrected chi connectivity index (χ4v) is 1.52. The number of hydrogen-bond donors (Lipinski definition) is 2. The van der Waals surface area contributed by atoms with Crippen LogP contribution in [0.3, 0.4) is 0 Å². The summed E-state index contributed by atoms with van der Waals surface area (Å²) in [7, 11) is 0. The van der Waals surface area contributed by atoms with Gasteiger partial charge in [-0.05, 0) is 24.3 Å². The van der Waals surface area contributed by atoms with Gasteiger partial charge < -0.3 is 10.6 Å². The van der Waals surface area contributed by atoms with E-state index >= 15 is 0 Å². The predicted molar refractivity (Wildman–Crippen MR) is 67.1 cm³/mol. The number of carbonyl (C=O) groups excluding carboxylic acids is 1. The number of amides is 2. The number of H-pyrrole nitrogens is 1. The predicted octanol–water partition coefficient (Wildman–Crippen LogP) is 2.80. The molecule has 0 radical (unpaired) electrons. The molecule has 86 valence electrons. The van der Waals surface area contributed by atoms with Crippen molar-refractivity contribution in [3.8, 4) is 0 Å². The number of aromatic nitrogens is 1. The van der Waals surface area contributed by atoms with Crippen molar-refractivity contribution in [1.29, 1.82) is 0 Å². The van der Waals surface area contributed by atoms with Gasteiger partial charge in [-0.15, -0.1) is 0 Å². The lowest BCUT2D eigenvalue weighted by molar-refractivity contribution is -0.377. The number of hydrogen-bond acceptors (Lipinski definition) is 1. The molecular formula is C12H11ClN3O+. The average Bonchev–Trinajstić information content (AvgIpc) is 2.30. The van der Waals surface area contributed by atoms with E-state index in [9.17, 15) is 4.79 Å². The molecule has 0 spiro atoms. The Labute approximate surface area is 104 Å². The molecule has 0 aliphatic carbocycles. The molecule has 17 heavy (non-hydrogen) atoms. The highest BCUT2D eigenvalue weighted by Crippen LogP contribution is 2.15. The largest absolute Gasteiger partial charge is 0.323 e. The molecule has 0 fully saturated rings. The van der Waals surface area contributed by atoms with Crippen molar-refractivity contribution in [2.75, 3.05) is 10.6 Å². The molecule has 0 aliphatic rings. The van der Waals surface area contributed by atoms with Crippen LogP contribution in [0.1, 0.15) is 0 Å². The van der Waals surface area contributed by atoms with Crippen molar-refractivity contribution < 1.29 is 9.78 Å². The van der Waals surface area contributed by atoms with Gasteiger partial charge in [0.1, 0.15) is 5.69 Å². The maximum atomic E-state index is 11.6. The van der Waals surface area contributed by atoms with Crippen LogP contribution in [0.15, 0.2) is 48.8 Å². The van der Waals surface area contributed by atoms with Crippen LogP contribution in [0.25, 0.3) is 0 Å². The Morgan fingerprint density at radius 3 is 2.59 bits per heavy atom. The van der Waals surface area contributed by atoms with Crippen LogP contribution in [0.5, 0.6) is 0 Å². The number of rotatable bonds is 2. The third-order valence-corrected chi connectivity index (χ3v) is 2.28. The number of nitrogens with one attached hydrogen (secondary N) is 3. The van der Waals surface area contributed by atoms with Crippen molar-refractivity contribution in [1.82, 2.24) is 0 Å². The van der Waals surface area contributed by atoms with Gasteiger partial charge in [-0.1, -0.05) is 17.7 Å². The Morgan fingerprint density at radius 1 is 1.12 bits per heavy atom. The minimum Gasteiger partial charge on any atom is -0.308 e. The van der Waals surface area contributed by atoms with Gasteiger partial charge in [0, 0.05) is 16.8 Å². The molecule has 2 amide bonds. The molecule has 3 N–H and O–H groups in total. The number of urea groups is 1. The Kier molecular flexibility index (Phi) is 3.57. The SMILES string of the molecule is O=C(Nc1ccc[nH+]c1)Nc1cccc(Cl)c1. The molecule has 0 atom stereocenters. The Morgan fingerprint density at radius 2 is 1.88 bits per heavy atom. The van der Waals surface area contributed by atoms with Crippen LogP contribution in [-0.2, 0) is 0 Å². The lowest BCUT2D eigenvalue weighted by Crippen LogP contribution is -2.20. The minimum atomic E-state index is -0.313. The first kappa shape index (κ1) is 11.4. The van der Waals surface area contributed by atoms with E-state index in [1.807, 2.05) is 0 Å². The molecule has 4 nitrogen and oxygen atoms in total. The number of pyridine rings is 1. The maximum absolute atomic E-state index is 11.6. The highest BCUT2D eigenvalue weighted by atomic mass is 35.5. The monoisotopic (exact) mass is 248 g/mol. The second-order valence-corrected chi connectivity index (χ2v) is 3.82. The van der Waals surface area contributed by atoms with Crippen molar-refractivity contribution in [3.63, 3.8) is 0 Å². The molecule has 1 aromatic carbocycles. The molecule has 1 aromatic heterocycles. The van der Waals surface area contributed by atoms with E-state index in [0.29, 0.717) is 16.4 Å². The fraction of sp³-hybridized carbons (Fsp3) is 0. The summed E-state index contributed by atoms with van der Waals surface area (Å²) < 4.78 is 0. The lowest BCUT2D eigenvalue weighted by atomic mass is 10.3. The third-order valence-electron chi connectivity index (χ3n) is 2.05.